The first-order chi connectivity index (χ1) is 8.29. The van der Waals surface area contributed by atoms with Crippen molar-refractivity contribution >= 4 is 22.4 Å². The molecule has 0 aliphatic rings. The molecule has 0 bridgehead atoms. The quantitative estimate of drug-likeness (QED) is 0.883. The number of aromatic nitrogens is 3. The van der Waals surface area contributed by atoms with Crippen molar-refractivity contribution in [1.29, 1.82) is 5.26 Å². The van der Waals surface area contributed by atoms with Gasteiger partial charge in [-0.1, -0.05) is 0 Å². The summed E-state index contributed by atoms with van der Waals surface area (Å²) in [6, 6.07) is 5.31. The van der Waals surface area contributed by atoms with Crippen LogP contribution in [0.4, 0.5) is 5.13 Å². The van der Waals surface area contributed by atoms with Crippen molar-refractivity contribution in [3.05, 3.63) is 23.7 Å². The molecule has 0 saturated heterocycles. The van der Waals surface area contributed by atoms with Gasteiger partial charge in [-0.3, -0.25) is 4.79 Å². The van der Waals surface area contributed by atoms with Gasteiger partial charge in [0.15, 0.2) is 5.13 Å². The predicted molar refractivity (Wildman–Crippen MR) is 62.0 cm³/mol. The van der Waals surface area contributed by atoms with Crippen LogP contribution >= 0.6 is 11.3 Å². The fraction of sp³-hybridized carbons (Fsp3) is 0.100. The topological polar surface area (TPSA) is 91.6 Å². The molecule has 0 aromatic carbocycles. The van der Waals surface area contributed by atoms with Crippen LogP contribution in [-0.2, 0) is 4.79 Å². The SMILES string of the molecule is N#CCC(=O)Nc1nc(-c2cccnn2)cs1. The van der Waals surface area contributed by atoms with E-state index in [4.69, 9.17) is 5.26 Å². The summed E-state index contributed by atoms with van der Waals surface area (Å²) < 4.78 is 0. The fourth-order valence-corrected chi connectivity index (χ4v) is 1.84. The van der Waals surface area contributed by atoms with Crippen LogP contribution in [0.1, 0.15) is 6.42 Å². The number of hydrogen-bond acceptors (Lipinski definition) is 6. The van der Waals surface area contributed by atoms with E-state index in [0.29, 0.717) is 16.5 Å². The molecule has 2 rings (SSSR count). The number of hydrogen-bond donors (Lipinski definition) is 1. The Hall–Kier alpha value is -2.33. The first-order valence-electron chi connectivity index (χ1n) is 4.70. The molecule has 17 heavy (non-hydrogen) atoms. The normalized spacial score (nSPS) is 9.59. The van der Waals surface area contributed by atoms with Gasteiger partial charge in [-0.05, 0) is 12.1 Å². The molecule has 2 aromatic rings. The van der Waals surface area contributed by atoms with Gasteiger partial charge in [0.25, 0.3) is 0 Å². The summed E-state index contributed by atoms with van der Waals surface area (Å²) in [5.41, 5.74) is 1.29. The Balaban J connectivity index is 2.12. The van der Waals surface area contributed by atoms with Crippen molar-refractivity contribution in [3.63, 3.8) is 0 Å². The average molecular weight is 245 g/mol. The highest BCUT2D eigenvalue weighted by molar-refractivity contribution is 7.14. The Morgan fingerprint density at radius 3 is 3.12 bits per heavy atom. The van der Waals surface area contributed by atoms with Crippen molar-refractivity contribution in [3.8, 4) is 17.5 Å². The van der Waals surface area contributed by atoms with Gasteiger partial charge in [0.2, 0.25) is 5.91 Å². The van der Waals surface area contributed by atoms with Crippen LogP contribution in [0.15, 0.2) is 23.7 Å². The number of carbonyl (C=O) groups excluding carboxylic acids is 1. The van der Waals surface area contributed by atoms with Gasteiger partial charge in [-0.15, -0.1) is 16.4 Å². The number of nitrogens with one attached hydrogen (secondary N) is 1. The second-order valence-corrected chi connectivity index (χ2v) is 3.89. The van der Waals surface area contributed by atoms with Crippen LogP contribution in [0.3, 0.4) is 0 Å². The number of nitrogens with zero attached hydrogens (tertiary/aromatic N) is 4. The summed E-state index contributed by atoms with van der Waals surface area (Å²) in [5, 5.41) is 20.8. The van der Waals surface area contributed by atoms with Crippen molar-refractivity contribution < 1.29 is 4.79 Å². The summed E-state index contributed by atoms with van der Waals surface area (Å²) in [5.74, 6) is -0.368. The third-order valence-corrected chi connectivity index (χ3v) is 2.58. The van der Waals surface area contributed by atoms with E-state index in [1.165, 1.54) is 11.3 Å². The number of anilines is 1. The number of carbonyl (C=O) groups is 1. The van der Waals surface area contributed by atoms with E-state index in [0.717, 1.165) is 0 Å². The van der Waals surface area contributed by atoms with Gasteiger partial charge < -0.3 is 5.32 Å². The number of amides is 1. The molecule has 2 aromatic heterocycles. The molecule has 6 nitrogen and oxygen atoms in total. The van der Waals surface area contributed by atoms with Crippen LogP contribution in [0, 0.1) is 11.3 Å². The molecular formula is C10H7N5OS. The van der Waals surface area contributed by atoms with Crippen LogP contribution in [-0.4, -0.2) is 21.1 Å². The highest BCUT2D eigenvalue weighted by Crippen LogP contribution is 2.22. The third kappa shape index (κ3) is 2.83. The lowest BCUT2D eigenvalue weighted by Crippen LogP contribution is -2.09. The minimum absolute atomic E-state index is 0.181. The molecule has 0 spiro atoms. The van der Waals surface area contributed by atoms with E-state index in [9.17, 15) is 4.79 Å². The second kappa shape index (κ2) is 5.14. The molecule has 0 unspecified atom stereocenters. The van der Waals surface area contributed by atoms with Gasteiger partial charge in [-0.2, -0.15) is 10.4 Å². The zero-order valence-electron chi connectivity index (χ0n) is 8.62. The van der Waals surface area contributed by atoms with Gasteiger partial charge in [0.05, 0.1) is 6.07 Å². The summed E-state index contributed by atoms with van der Waals surface area (Å²) >= 11 is 1.28. The average Bonchev–Trinajstić information content (AvgIpc) is 2.79. The van der Waals surface area contributed by atoms with Crippen LogP contribution < -0.4 is 5.32 Å². The van der Waals surface area contributed by atoms with Crippen molar-refractivity contribution in [1.82, 2.24) is 15.2 Å². The Bertz CT molecular complexity index is 560. The van der Waals surface area contributed by atoms with Gasteiger partial charge >= 0.3 is 0 Å². The molecule has 0 aliphatic carbocycles. The Labute approximate surface area is 101 Å². The number of nitriles is 1. The fourth-order valence-electron chi connectivity index (χ4n) is 1.12. The van der Waals surface area contributed by atoms with Gasteiger partial charge in [0.1, 0.15) is 17.8 Å². The Morgan fingerprint density at radius 2 is 2.41 bits per heavy atom. The summed E-state index contributed by atoms with van der Waals surface area (Å²) in [6.45, 7) is 0. The lowest BCUT2D eigenvalue weighted by Gasteiger charge is -1.95. The van der Waals surface area contributed by atoms with E-state index in [2.05, 4.69) is 20.5 Å². The summed E-state index contributed by atoms with van der Waals surface area (Å²) in [6.07, 6.45) is 1.39. The highest BCUT2D eigenvalue weighted by atomic mass is 32.1. The molecular weight excluding hydrogens is 238 g/mol. The second-order valence-electron chi connectivity index (χ2n) is 3.03. The third-order valence-electron chi connectivity index (χ3n) is 1.82. The smallest absolute Gasteiger partial charge is 0.240 e. The molecule has 2 heterocycles. The minimum atomic E-state index is -0.368. The molecule has 84 valence electrons. The van der Waals surface area contributed by atoms with E-state index in [1.807, 2.05) is 0 Å². The van der Waals surface area contributed by atoms with E-state index in [1.54, 1.807) is 29.8 Å². The van der Waals surface area contributed by atoms with Gasteiger partial charge in [0, 0.05) is 11.6 Å². The molecule has 0 aliphatic heterocycles. The van der Waals surface area contributed by atoms with Crippen LogP contribution in [0.2, 0.25) is 0 Å². The Kier molecular flexibility index (Phi) is 3.37. The lowest BCUT2D eigenvalue weighted by molar-refractivity contribution is -0.115. The van der Waals surface area contributed by atoms with Crippen molar-refractivity contribution in [2.45, 2.75) is 6.42 Å². The van der Waals surface area contributed by atoms with Crippen LogP contribution in [0.5, 0.6) is 0 Å². The first-order valence-corrected chi connectivity index (χ1v) is 5.58. The zero-order chi connectivity index (χ0) is 12.1. The molecule has 0 atom stereocenters. The monoisotopic (exact) mass is 245 g/mol. The van der Waals surface area contributed by atoms with Crippen molar-refractivity contribution in [2.75, 3.05) is 5.32 Å². The maximum atomic E-state index is 11.2. The molecule has 0 saturated carbocycles. The maximum Gasteiger partial charge on any atom is 0.240 e. The maximum absolute atomic E-state index is 11.2. The standard InChI is InChI=1S/C10H7N5OS/c11-4-3-9(16)14-10-13-8(6-17-10)7-2-1-5-12-15-7/h1-2,5-6H,3H2,(H,13,14,16). The van der Waals surface area contributed by atoms with E-state index in [-0.39, 0.29) is 12.3 Å². The van der Waals surface area contributed by atoms with Crippen molar-refractivity contribution in [2.24, 2.45) is 0 Å². The minimum Gasteiger partial charge on any atom is -0.301 e. The molecule has 7 heteroatoms. The zero-order valence-corrected chi connectivity index (χ0v) is 9.44. The lowest BCUT2D eigenvalue weighted by atomic mass is 10.3. The molecule has 1 amide bonds. The largest absolute Gasteiger partial charge is 0.301 e. The summed E-state index contributed by atoms with van der Waals surface area (Å²) in [4.78, 5) is 15.3. The summed E-state index contributed by atoms with van der Waals surface area (Å²) in [7, 11) is 0. The van der Waals surface area contributed by atoms with E-state index < -0.39 is 0 Å². The molecule has 0 fully saturated rings. The van der Waals surface area contributed by atoms with Crippen LogP contribution in [0.25, 0.3) is 11.4 Å². The predicted octanol–water partition coefficient (Wildman–Crippen LogP) is 1.45. The molecule has 1 N–H and O–H groups in total. The van der Waals surface area contributed by atoms with E-state index >= 15 is 0 Å². The highest BCUT2D eigenvalue weighted by Gasteiger charge is 2.08. The first kappa shape index (κ1) is 11.2. The number of thiazole rings is 1. The Morgan fingerprint density at radius 1 is 1.53 bits per heavy atom. The molecule has 0 radical (unpaired) electrons. The number of rotatable bonds is 3. The van der Waals surface area contributed by atoms with Gasteiger partial charge in [-0.25, -0.2) is 4.98 Å².